The highest BCUT2D eigenvalue weighted by molar-refractivity contribution is 7.15. The number of fused-ring (bicyclic) bond motifs is 1. The van der Waals surface area contributed by atoms with Crippen molar-refractivity contribution in [2.24, 2.45) is 5.92 Å². The molecule has 216 valence electrons. The van der Waals surface area contributed by atoms with Gasteiger partial charge < -0.3 is 15.5 Å². The summed E-state index contributed by atoms with van der Waals surface area (Å²) in [6, 6.07) is 27.1. The molecular formula is C34H37ClN6S. The number of nitrogens with one attached hydrogen (secondary N) is 2. The molecule has 3 aromatic carbocycles. The van der Waals surface area contributed by atoms with Gasteiger partial charge in [-0.2, -0.15) is 4.98 Å². The lowest BCUT2D eigenvalue weighted by Crippen LogP contribution is -2.32. The molecule has 0 atom stereocenters. The van der Waals surface area contributed by atoms with Crippen molar-refractivity contribution in [3.63, 3.8) is 0 Å². The Kier molecular flexibility index (Phi) is 8.98. The lowest BCUT2D eigenvalue weighted by molar-refractivity contribution is 0.325. The Hall–Kier alpha value is -3.52. The van der Waals surface area contributed by atoms with Crippen LogP contribution in [0, 0.1) is 5.92 Å². The van der Waals surface area contributed by atoms with Crippen LogP contribution in [0.5, 0.6) is 0 Å². The van der Waals surface area contributed by atoms with Gasteiger partial charge in [-0.05, 0) is 68.8 Å². The summed E-state index contributed by atoms with van der Waals surface area (Å²) >= 11 is 7.96. The predicted octanol–water partition coefficient (Wildman–Crippen LogP) is 7.94. The summed E-state index contributed by atoms with van der Waals surface area (Å²) in [7, 11) is 4.07. The number of para-hydroxylation sites is 1. The van der Waals surface area contributed by atoms with Gasteiger partial charge in [0, 0.05) is 53.1 Å². The largest absolute Gasteiger partial charge is 0.362 e. The van der Waals surface area contributed by atoms with Crippen LogP contribution in [0.15, 0.2) is 78.9 Å². The number of thiazole rings is 1. The third kappa shape index (κ3) is 6.75. The summed E-state index contributed by atoms with van der Waals surface area (Å²) in [5, 5.41) is 10.3. The molecule has 6 rings (SSSR count). The van der Waals surface area contributed by atoms with Gasteiger partial charge in [0.15, 0.2) is 0 Å². The van der Waals surface area contributed by atoms with E-state index in [1.165, 1.54) is 17.7 Å². The van der Waals surface area contributed by atoms with Crippen molar-refractivity contribution in [1.29, 1.82) is 0 Å². The minimum atomic E-state index is 0.410. The predicted molar refractivity (Wildman–Crippen MR) is 178 cm³/mol. The maximum Gasteiger partial charge on any atom is 0.225 e. The molecule has 42 heavy (non-hydrogen) atoms. The van der Waals surface area contributed by atoms with Gasteiger partial charge in [-0.15, -0.1) is 11.3 Å². The molecule has 0 amide bonds. The summed E-state index contributed by atoms with van der Waals surface area (Å²) in [4.78, 5) is 18.1. The number of nitrogens with zero attached hydrogens (tertiary/aromatic N) is 4. The van der Waals surface area contributed by atoms with Gasteiger partial charge in [0.1, 0.15) is 10.8 Å². The van der Waals surface area contributed by atoms with Crippen LogP contribution in [0.2, 0.25) is 5.02 Å². The van der Waals surface area contributed by atoms with E-state index in [0.717, 1.165) is 81.9 Å². The lowest BCUT2D eigenvalue weighted by Gasteiger charge is -2.29. The Morgan fingerprint density at radius 3 is 2.33 bits per heavy atom. The molecule has 0 spiro atoms. The summed E-state index contributed by atoms with van der Waals surface area (Å²) in [6.45, 7) is 1.98. The van der Waals surface area contributed by atoms with E-state index in [4.69, 9.17) is 26.6 Å². The fourth-order valence-corrected chi connectivity index (χ4v) is 6.94. The highest BCUT2D eigenvalue weighted by atomic mass is 35.5. The van der Waals surface area contributed by atoms with Crippen molar-refractivity contribution in [2.75, 3.05) is 37.4 Å². The van der Waals surface area contributed by atoms with Crippen LogP contribution in [0.25, 0.3) is 32.7 Å². The zero-order valence-corrected chi connectivity index (χ0v) is 25.8. The van der Waals surface area contributed by atoms with Crippen LogP contribution in [0.4, 0.5) is 11.8 Å². The van der Waals surface area contributed by atoms with E-state index in [1.54, 1.807) is 11.3 Å². The summed E-state index contributed by atoms with van der Waals surface area (Å²) in [6.07, 6.45) is 5.62. The minimum Gasteiger partial charge on any atom is -0.362 e. The standard InChI is InChI=1S/C34H37ClN6S/c1-41(2)32-28-10-6-7-11-29(28)38-34(40-32)37-27-18-12-23(13-19-27)22-36-21-20-30-31(24-14-16-26(35)17-15-24)39-33(42-30)25-8-4-3-5-9-25/h3-11,14-17,23,27,36H,12-13,18-22H2,1-2H3,(H,37,38,40). The molecule has 0 unspecified atom stereocenters. The quantitative estimate of drug-likeness (QED) is 0.160. The number of aromatic nitrogens is 3. The van der Waals surface area contributed by atoms with Gasteiger partial charge in [-0.1, -0.05) is 66.2 Å². The Bertz CT molecular complexity index is 1610. The van der Waals surface area contributed by atoms with Crippen molar-refractivity contribution >= 4 is 45.6 Å². The maximum absolute atomic E-state index is 6.16. The van der Waals surface area contributed by atoms with Crippen LogP contribution in [0.1, 0.15) is 30.6 Å². The average Bonchev–Trinajstić information content (AvgIpc) is 3.44. The van der Waals surface area contributed by atoms with E-state index in [2.05, 4.69) is 64.1 Å². The van der Waals surface area contributed by atoms with Gasteiger partial charge >= 0.3 is 0 Å². The SMILES string of the molecule is CN(C)c1nc(NC2CCC(CNCCc3sc(-c4ccccc4)nc3-c3ccc(Cl)cc3)CC2)nc2ccccc12. The van der Waals surface area contributed by atoms with Gasteiger partial charge in [0.05, 0.1) is 11.2 Å². The Morgan fingerprint density at radius 2 is 1.57 bits per heavy atom. The van der Waals surface area contributed by atoms with Crippen molar-refractivity contribution < 1.29 is 0 Å². The highest BCUT2D eigenvalue weighted by Gasteiger charge is 2.22. The molecule has 1 aliphatic carbocycles. The molecule has 1 fully saturated rings. The van der Waals surface area contributed by atoms with Crippen molar-refractivity contribution in [2.45, 2.75) is 38.1 Å². The summed E-state index contributed by atoms with van der Waals surface area (Å²) in [5.41, 5.74) is 4.32. The number of benzene rings is 3. The fraction of sp³-hybridized carbons (Fsp3) is 0.324. The van der Waals surface area contributed by atoms with E-state index >= 15 is 0 Å². The van der Waals surface area contributed by atoms with E-state index in [1.807, 2.05) is 44.4 Å². The Morgan fingerprint density at radius 1 is 0.833 bits per heavy atom. The number of hydrogen-bond donors (Lipinski definition) is 2. The zero-order valence-electron chi connectivity index (χ0n) is 24.2. The first-order chi connectivity index (χ1) is 20.5. The van der Waals surface area contributed by atoms with Gasteiger partial charge in [0.25, 0.3) is 0 Å². The molecule has 0 radical (unpaired) electrons. The second kappa shape index (κ2) is 13.2. The molecule has 2 N–H and O–H groups in total. The van der Waals surface area contributed by atoms with E-state index < -0.39 is 0 Å². The van der Waals surface area contributed by atoms with Crippen molar-refractivity contribution in [3.8, 4) is 21.8 Å². The van der Waals surface area contributed by atoms with Crippen LogP contribution in [-0.2, 0) is 6.42 Å². The molecule has 8 heteroatoms. The maximum atomic E-state index is 6.16. The molecule has 0 bridgehead atoms. The third-order valence-corrected chi connectivity index (χ3v) is 9.40. The van der Waals surface area contributed by atoms with Crippen molar-refractivity contribution in [3.05, 3.63) is 88.8 Å². The number of anilines is 2. The van der Waals surface area contributed by atoms with Crippen LogP contribution in [0.3, 0.4) is 0 Å². The molecule has 0 saturated heterocycles. The molecular weight excluding hydrogens is 560 g/mol. The third-order valence-electron chi connectivity index (χ3n) is 7.98. The van der Waals surface area contributed by atoms with E-state index in [0.29, 0.717) is 12.0 Å². The van der Waals surface area contributed by atoms with Gasteiger partial charge in [-0.25, -0.2) is 9.97 Å². The van der Waals surface area contributed by atoms with Gasteiger partial charge in [-0.3, -0.25) is 0 Å². The van der Waals surface area contributed by atoms with Gasteiger partial charge in [0.2, 0.25) is 5.95 Å². The molecule has 5 aromatic rings. The first-order valence-corrected chi connectivity index (χ1v) is 16.0. The smallest absolute Gasteiger partial charge is 0.225 e. The second-order valence-electron chi connectivity index (χ2n) is 11.3. The molecule has 6 nitrogen and oxygen atoms in total. The Balaban J connectivity index is 1.03. The molecule has 0 aliphatic heterocycles. The average molecular weight is 597 g/mol. The fourth-order valence-electron chi connectivity index (χ4n) is 5.73. The van der Waals surface area contributed by atoms with Crippen LogP contribution >= 0.6 is 22.9 Å². The second-order valence-corrected chi connectivity index (χ2v) is 12.8. The Labute approximate surface area is 257 Å². The highest BCUT2D eigenvalue weighted by Crippen LogP contribution is 2.35. The van der Waals surface area contributed by atoms with E-state index in [9.17, 15) is 0 Å². The molecule has 2 heterocycles. The molecule has 2 aromatic heterocycles. The zero-order chi connectivity index (χ0) is 28.9. The lowest BCUT2D eigenvalue weighted by atomic mass is 9.86. The minimum absolute atomic E-state index is 0.410. The molecule has 1 saturated carbocycles. The van der Waals surface area contributed by atoms with E-state index in [-0.39, 0.29) is 0 Å². The number of hydrogen-bond acceptors (Lipinski definition) is 7. The summed E-state index contributed by atoms with van der Waals surface area (Å²) < 4.78 is 0. The first-order valence-electron chi connectivity index (χ1n) is 14.8. The normalized spacial score (nSPS) is 16.9. The summed E-state index contributed by atoms with van der Waals surface area (Å²) in [5.74, 6) is 2.38. The van der Waals surface area contributed by atoms with Crippen LogP contribution in [-0.4, -0.2) is 48.2 Å². The number of rotatable bonds is 10. The van der Waals surface area contributed by atoms with Crippen molar-refractivity contribution in [1.82, 2.24) is 20.3 Å². The number of halogens is 1. The first kappa shape index (κ1) is 28.6. The topological polar surface area (TPSA) is 66.0 Å². The monoisotopic (exact) mass is 596 g/mol. The molecule has 1 aliphatic rings. The van der Waals surface area contributed by atoms with Crippen LogP contribution < -0.4 is 15.5 Å².